The molecule has 0 spiro atoms. The van der Waals surface area contributed by atoms with Crippen molar-refractivity contribution in [3.05, 3.63) is 89.0 Å². The first-order chi connectivity index (χ1) is 15.6. The van der Waals surface area contributed by atoms with Gasteiger partial charge in [-0.2, -0.15) is 0 Å². The Morgan fingerprint density at radius 2 is 1.58 bits per heavy atom. The highest BCUT2D eigenvalue weighted by atomic mass is 32.2. The third-order valence-electron chi connectivity index (χ3n) is 5.75. The summed E-state index contributed by atoms with van der Waals surface area (Å²) in [5, 5.41) is 2.95. The van der Waals surface area contributed by atoms with E-state index in [1.165, 1.54) is 4.31 Å². The largest absolute Gasteiger partial charge is 0.324 e. The van der Waals surface area contributed by atoms with Crippen LogP contribution in [-0.4, -0.2) is 20.9 Å². The Bertz CT molecular complexity index is 1220. The Labute approximate surface area is 197 Å². The zero-order valence-corrected chi connectivity index (χ0v) is 20.7. The predicted octanol–water partition coefficient (Wildman–Crippen LogP) is 5.82. The zero-order valence-electron chi connectivity index (χ0n) is 19.9. The van der Waals surface area contributed by atoms with E-state index >= 15 is 0 Å². The molecule has 3 aromatic carbocycles. The van der Waals surface area contributed by atoms with Crippen molar-refractivity contribution in [1.29, 1.82) is 0 Å². The molecule has 0 unspecified atom stereocenters. The Kier molecular flexibility index (Phi) is 7.59. The standard InChI is InChI=1S/C27H32N2O3S/c1-6-22-9-7-8-21(5)27(22)28-26(30)18-29(24-14-12-23(13-15-24)19(2)3)33(31,32)25-16-10-20(4)11-17-25/h7-17,19H,6,18H2,1-5H3,(H,28,30). The van der Waals surface area contributed by atoms with Gasteiger partial charge in [0.15, 0.2) is 0 Å². The monoisotopic (exact) mass is 464 g/mol. The van der Waals surface area contributed by atoms with Gasteiger partial charge < -0.3 is 5.32 Å². The highest BCUT2D eigenvalue weighted by Crippen LogP contribution is 2.27. The number of carbonyl (C=O) groups is 1. The molecule has 1 N–H and O–H groups in total. The van der Waals surface area contributed by atoms with Gasteiger partial charge >= 0.3 is 0 Å². The highest BCUT2D eigenvalue weighted by Gasteiger charge is 2.27. The predicted molar refractivity (Wildman–Crippen MR) is 135 cm³/mol. The SMILES string of the molecule is CCc1cccc(C)c1NC(=O)CN(c1ccc(C(C)C)cc1)S(=O)(=O)c1ccc(C)cc1. The van der Waals surface area contributed by atoms with E-state index in [0.29, 0.717) is 11.6 Å². The number of carbonyl (C=O) groups excluding carboxylic acids is 1. The van der Waals surface area contributed by atoms with Gasteiger partial charge in [-0.3, -0.25) is 9.10 Å². The molecule has 0 saturated heterocycles. The van der Waals surface area contributed by atoms with Crippen molar-refractivity contribution < 1.29 is 13.2 Å². The number of aryl methyl sites for hydroxylation is 3. The Morgan fingerprint density at radius 1 is 0.939 bits per heavy atom. The van der Waals surface area contributed by atoms with Crippen LogP contribution in [0.3, 0.4) is 0 Å². The summed E-state index contributed by atoms with van der Waals surface area (Å²) in [4.78, 5) is 13.3. The van der Waals surface area contributed by atoms with Crippen molar-refractivity contribution in [3.8, 4) is 0 Å². The normalized spacial score (nSPS) is 11.5. The molecule has 3 aromatic rings. The average Bonchev–Trinajstić information content (AvgIpc) is 2.79. The molecule has 0 radical (unpaired) electrons. The van der Waals surface area contributed by atoms with Crippen molar-refractivity contribution in [1.82, 2.24) is 0 Å². The summed E-state index contributed by atoms with van der Waals surface area (Å²) in [6.45, 7) is 9.69. The summed E-state index contributed by atoms with van der Waals surface area (Å²) < 4.78 is 28.4. The molecule has 0 aliphatic carbocycles. The van der Waals surface area contributed by atoms with Crippen molar-refractivity contribution >= 4 is 27.3 Å². The maximum absolute atomic E-state index is 13.6. The van der Waals surface area contributed by atoms with Gasteiger partial charge in [0.1, 0.15) is 6.54 Å². The molecule has 0 atom stereocenters. The number of nitrogens with one attached hydrogen (secondary N) is 1. The molecular formula is C27H32N2O3S. The van der Waals surface area contributed by atoms with Crippen molar-refractivity contribution in [2.45, 2.75) is 51.9 Å². The van der Waals surface area contributed by atoms with E-state index in [9.17, 15) is 13.2 Å². The van der Waals surface area contributed by atoms with Crippen LogP contribution in [-0.2, 0) is 21.2 Å². The molecule has 6 heteroatoms. The lowest BCUT2D eigenvalue weighted by Crippen LogP contribution is -2.38. The van der Waals surface area contributed by atoms with Gasteiger partial charge in [0.2, 0.25) is 5.91 Å². The number of amides is 1. The first-order valence-electron chi connectivity index (χ1n) is 11.2. The molecule has 0 aromatic heterocycles. The van der Waals surface area contributed by atoms with Crippen LogP contribution in [0.2, 0.25) is 0 Å². The summed E-state index contributed by atoms with van der Waals surface area (Å²) in [6.07, 6.45) is 0.763. The minimum absolute atomic E-state index is 0.152. The van der Waals surface area contributed by atoms with Crippen LogP contribution >= 0.6 is 0 Å². The molecule has 3 rings (SSSR count). The minimum atomic E-state index is -3.94. The second kappa shape index (κ2) is 10.2. The molecule has 0 heterocycles. The van der Waals surface area contributed by atoms with E-state index < -0.39 is 10.0 Å². The summed E-state index contributed by atoms with van der Waals surface area (Å²) in [6, 6.07) is 19.9. The lowest BCUT2D eigenvalue weighted by molar-refractivity contribution is -0.114. The maximum atomic E-state index is 13.6. The Balaban J connectivity index is 1.98. The van der Waals surface area contributed by atoms with Gasteiger partial charge in [0.05, 0.1) is 10.6 Å². The van der Waals surface area contributed by atoms with Crippen LogP contribution in [0.15, 0.2) is 71.6 Å². The first-order valence-corrected chi connectivity index (χ1v) is 12.6. The molecule has 33 heavy (non-hydrogen) atoms. The smallest absolute Gasteiger partial charge is 0.264 e. The summed E-state index contributed by atoms with van der Waals surface area (Å²) in [5.41, 5.74) is 5.22. The number of hydrogen-bond acceptors (Lipinski definition) is 3. The molecule has 1 amide bonds. The lowest BCUT2D eigenvalue weighted by Gasteiger charge is -2.25. The Hall–Kier alpha value is -3.12. The third-order valence-corrected chi connectivity index (χ3v) is 7.54. The highest BCUT2D eigenvalue weighted by molar-refractivity contribution is 7.92. The van der Waals surface area contributed by atoms with Crippen molar-refractivity contribution in [3.63, 3.8) is 0 Å². The molecule has 0 bridgehead atoms. The van der Waals surface area contributed by atoms with E-state index in [-0.39, 0.29) is 17.3 Å². The van der Waals surface area contributed by atoms with Crippen molar-refractivity contribution in [2.24, 2.45) is 0 Å². The van der Waals surface area contributed by atoms with Crippen LogP contribution in [0.4, 0.5) is 11.4 Å². The summed E-state index contributed by atoms with van der Waals surface area (Å²) in [7, 11) is -3.94. The fourth-order valence-electron chi connectivity index (χ4n) is 3.69. The minimum Gasteiger partial charge on any atom is -0.324 e. The summed E-state index contributed by atoms with van der Waals surface area (Å²) in [5.74, 6) is -0.0688. The number of anilines is 2. The number of benzene rings is 3. The first kappa shape index (κ1) is 24.5. The maximum Gasteiger partial charge on any atom is 0.264 e. The topological polar surface area (TPSA) is 66.5 Å². The van der Waals surface area contributed by atoms with Crippen LogP contribution in [0.25, 0.3) is 0 Å². The van der Waals surface area contributed by atoms with E-state index in [2.05, 4.69) is 19.2 Å². The van der Waals surface area contributed by atoms with Gasteiger partial charge in [-0.05, 0) is 67.1 Å². The lowest BCUT2D eigenvalue weighted by atomic mass is 10.0. The van der Waals surface area contributed by atoms with Gasteiger partial charge in [-0.15, -0.1) is 0 Å². The number of hydrogen-bond donors (Lipinski definition) is 1. The molecule has 0 aliphatic rings. The van der Waals surface area contributed by atoms with Crippen molar-refractivity contribution in [2.75, 3.05) is 16.2 Å². The average molecular weight is 465 g/mol. The zero-order chi connectivity index (χ0) is 24.2. The Morgan fingerprint density at radius 3 is 2.15 bits per heavy atom. The van der Waals surface area contributed by atoms with Crippen LogP contribution in [0.1, 0.15) is 48.9 Å². The third kappa shape index (κ3) is 5.63. The van der Waals surface area contributed by atoms with Gasteiger partial charge in [0, 0.05) is 5.69 Å². The number of sulfonamides is 1. The van der Waals surface area contributed by atoms with Gasteiger partial charge in [-0.25, -0.2) is 8.42 Å². The van der Waals surface area contributed by atoms with Crippen LogP contribution in [0.5, 0.6) is 0 Å². The number of para-hydroxylation sites is 1. The van der Waals surface area contributed by atoms with Crippen LogP contribution < -0.4 is 9.62 Å². The van der Waals surface area contributed by atoms with E-state index in [4.69, 9.17) is 0 Å². The van der Waals surface area contributed by atoms with E-state index in [1.807, 2.05) is 51.1 Å². The quantitative estimate of drug-likeness (QED) is 0.457. The van der Waals surface area contributed by atoms with Gasteiger partial charge in [0.25, 0.3) is 10.0 Å². The molecule has 5 nitrogen and oxygen atoms in total. The summed E-state index contributed by atoms with van der Waals surface area (Å²) >= 11 is 0. The second-order valence-corrected chi connectivity index (χ2v) is 10.4. The molecule has 0 saturated carbocycles. The van der Waals surface area contributed by atoms with E-state index in [0.717, 1.165) is 34.4 Å². The number of rotatable bonds is 8. The fourth-order valence-corrected chi connectivity index (χ4v) is 5.11. The molecule has 174 valence electrons. The molecule has 0 fully saturated rings. The molecule has 0 aliphatic heterocycles. The second-order valence-electron chi connectivity index (χ2n) is 8.58. The van der Waals surface area contributed by atoms with E-state index in [1.54, 1.807) is 36.4 Å². The van der Waals surface area contributed by atoms with Gasteiger partial charge in [-0.1, -0.05) is 68.8 Å². The fraction of sp³-hybridized carbons (Fsp3) is 0.296. The molecular weight excluding hydrogens is 432 g/mol. The number of nitrogens with zero attached hydrogens (tertiary/aromatic N) is 1. The van der Waals surface area contributed by atoms with Crippen LogP contribution in [0, 0.1) is 13.8 Å².